The predicted molar refractivity (Wildman–Crippen MR) is 81.4 cm³/mol. The molecule has 2 unspecified atom stereocenters. The zero-order valence-corrected chi connectivity index (χ0v) is 12.7. The summed E-state index contributed by atoms with van der Waals surface area (Å²) in [5.74, 6) is -1.53. The summed E-state index contributed by atoms with van der Waals surface area (Å²) in [5.41, 5.74) is 0.321. The molecule has 1 aromatic carbocycles. The SMILES string of the molecule is O=C(NCC1CCCC1O)C(=O)Nc1ccc(Cl)cc1Cl. The van der Waals surface area contributed by atoms with Gasteiger partial charge in [-0.05, 0) is 31.0 Å². The first-order chi connectivity index (χ1) is 9.97. The van der Waals surface area contributed by atoms with Crippen LogP contribution in [-0.2, 0) is 9.59 Å². The molecule has 5 nitrogen and oxygen atoms in total. The van der Waals surface area contributed by atoms with E-state index >= 15 is 0 Å². The fourth-order valence-corrected chi connectivity index (χ4v) is 2.79. The molecule has 3 N–H and O–H groups in total. The van der Waals surface area contributed by atoms with Gasteiger partial charge in [0.05, 0.1) is 16.8 Å². The molecule has 1 aliphatic rings. The van der Waals surface area contributed by atoms with E-state index in [1.165, 1.54) is 12.1 Å². The van der Waals surface area contributed by atoms with E-state index < -0.39 is 17.9 Å². The Hall–Kier alpha value is -1.30. The van der Waals surface area contributed by atoms with Crippen molar-refractivity contribution in [3.05, 3.63) is 28.2 Å². The Morgan fingerprint density at radius 2 is 2.00 bits per heavy atom. The second-order valence-electron chi connectivity index (χ2n) is 5.05. The van der Waals surface area contributed by atoms with Crippen molar-refractivity contribution in [3.8, 4) is 0 Å². The third-order valence-electron chi connectivity index (χ3n) is 3.53. The van der Waals surface area contributed by atoms with Gasteiger partial charge in [-0.15, -0.1) is 0 Å². The maximum absolute atomic E-state index is 11.8. The number of amides is 2. The normalized spacial score (nSPS) is 21.1. The van der Waals surface area contributed by atoms with E-state index in [0.29, 0.717) is 17.3 Å². The van der Waals surface area contributed by atoms with Crippen molar-refractivity contribution in [1.29, 1.82) is 0 Å². The van der Waals surface area contributed by atoms with Gasteiger partial charge in [-0.25, -0.2) is 0 Å². The second kappa shape index (κ2) is 7.11. The van der Waals surface area contributed by atoms with E-state index in [-0.39, 0.29) is 10.9 Å². The summed E-state index contributed by atoms with van der Waals surface area (Å²) in [6.07, 6.45) is 2.13. The molecule has 1 aromatic rings. The molecule has 2 atom stereocenters. The molecular weight excluding hydrogens is 315 g/mol. The number of hydrogen-bond acceptors (Lipinski definition) is 3. The summed E-state index contributed by atoms with van der Waals surface area (Å²) < 4.78 is 0. The van der Waals surface area contributed by atoms with Crippen molar-refractivity contribution in [1.82, 2.24) is 5.32 Å². The van der Waals surface area contributed by atoms with Crippen LogP contribution in [0, 0.1) is 5.92 Å². The monoisotopic (exact) mass is 330 g/mol. The highest BCUT2D eigenvalue weighted by atomic mass is 35.5. The fraction of sp³-hybridized carbons (Fsp3) is 0.429. The van der Waals surface area contributed by atoms with Crippen molar-refractivity contribution in [3.63, 3.8) is 0 Å². The average molecular weight is 331 g/mol. The van der Waals surface area contributed by atoms with E-state index in [1.807, 2.05) is 0 Å². The Morgan fingerprint density at radius 3 is 2.62 bits per heavy atom. The highest BCUT2D eigenvalue weighted by molar-refractivity contribution is 6.42. The summed E-state index contributed by atoms with van der Waals surface area (Å²) >= 11 is 11.7. The Labute approximate surface area is 132 Å². The number of rotatable bonds is 3. The Morgan fingerprint density at radius 1 is 1.24 bits per heavy atom. The van der Waals surface area contributed by atoms with E-state index in [4.69, 9.17) is 23.2 Å². The highest BCUT2D eigenvalue weighted by Gasteiger charge is 2.26. The minimum absolute atomic E-state index is 0.0147. The lowest BCUT2D eigenvalue weighted by molar-refractivity contribution is -0.136. The number of nitrogens with one attached hydrogen (secondary N) is 2. The van der Waals surface area contributed by atoms with Crippen LogP contribution in [-0.4, -0.2) is 29.6 Å². The van der Waals surface area contributed by atoms with Crippen LogP contribution in [0.4, 0.5) is 5.69 Å². The summed E-state index contributed by atoms with van der Waals surface area (Å²) in [7, 11) is 0. The number of halogens is 2. The number of aliphatic hydroxyl groups excluding tert-OH is 1. The van der Waals surface area contributed by atoms with Crippen molar-refractivity contribution in [2.45, 2.75) is 25.4 Å². The second-order valence-corrected chi connectivity index (χ2v) is 5.89. The fourth-order valence-electron chi connectivity index (χ4n) is 2.33. The van der Waals surface area contributed by atoms with Crippen molar-refractivity contribution >= 4 is 40.7 Å². The molecular formula is C14H16Cl2N2O3. The summed E-state index contributed by atoms with van der Waals surface area (Å²) in [6.45, 7) is 0.293. The zero-order chi connectivity index (χ0) is 15.4. The third kappa shape index (κ3) is 4.33. The first-order valence-corrected chi connectivity index (χ1v) is 7.45. The molecule has 1 saturated carbocycles. The molecule has 0 aromatic heterocycles. The van der Waals surface area contributed by atoms with Crippen LogP contribution >= 0.6 is 23.2 Å². The van der Waals surface area contributed by atoms with Crippen LogP contribution in [0.5, 0.6) is 0 Å². The van der Waals surface area contributed by atoms with Crippen molar-refractivity contribution in [2.75, 3.05) is 11.9 Å². The van der Waals surface area contributed by atoms with Gasteiger partial charge in [0.25, 0.3) is 0 Å². The lowest BCUT2D eigenvalue weighted by Gasteiger charge is -2.15. The van der Waals surface area contributed by atoms with Crippen LogP contribution in [0.15, 0.2) is 18.2 Å². The quantitative estimate of drug-likeness (QED) is 0.743. The third-order valence-corrected chi connectivity index (χ3v) is 4.08. The van der Waals surface area contributed by atoms with Crippen LogP contribution in [0.25, 0.3) is 0 Å². The van der Waals surface area contributed by atoms with Gasteiger partial charge in [0.1, 0.15) is 0 Å². The molecule has 1 aliphatic carbocycles. The Balaban J connectivity index is 1.86. The minimum Gasteiger partial charge on any atom is -0.393 e. The smallest absolute Gasteiger partial charge is 0.313 e. The van der Waals surface area contributed by atoms with Gasteiger partial charge in [-0.2, -0.15) is 0 Å². The molecule has 21 heavy (non-hydrogen) atoms. The molecule has 0 heterocycles. The maximum atomic E-state index is 11.8. The predicted octanol–water partition coefficient (Wildman–Crippen LogP) is 2.21. The van der Waals surface area contributed by atoms with Crippen LogP contribution in [0.1, 0.15) is 19.3 Å². The van der Waals surface area contributed by atoms with E-state index in [1.54, 1.807) is 6.07 Å². The molecule has 114 valence electrons. The number of aliphatic hydroxyl groups is 1. The maximum Gasteiger partial charge on any atom is 0.313 e. The molecule has 0 spiro atoms. The number of carbonyl (C=O) groups excluding carboxylic acids is 2. The molecule has 0 saturated heterocycles. The number of hydrogen-bond donors (Lipinski definition) is 3. The lowest BCUT2D eigenvalue weighted by atomic mass is 10.1. The topological polar surface area (TPSA) is 78.4 Å². The Kier molecular flexibility index (Phi) is 5.45. The molecule has 2 amide bonds. The van der Waals surface area contributed by atoms with E-state index in [2.05, 4.69) is 10.6 Å². The summed E-state index contributed by atoms with van der Waals surface area (Å²) in [4.78, 5) is 23.5. The largest absolute Gasteiger partial charge is 0.393 e. The molecule has 7 heteroatoms. The number of carbonyl (C=O) groups is 2. The number of anilines is 1. The lowest BCUT2D eigenvalue weighted by Crippen LogP contribution is -2.39. The van der Waals surface area contributed by atoms with Crippen LogP contribution < -0.4 is 10.6 Å². The van der Waals surface area contributed by atoms with Crippen molar-refractivity contribution < 1.29 is 14.7 Å². The summed E-state index contributed by atoms with van der Waals surface area (Å²) in [6, 6.07) is 4.57. The van der Waals surface area contributed by atoms with Gasteiger partial charge >= 0.3 is 11.8 Å². The van der Waals surface area contributed by atoms with E-state index in [9.17, 15) is 14.7 Å². The summed E-state index contributed by atoms with van der Waals surface area (Å²) in [5, 5.41) is 15.3. The zero-order valence-electron chi connectivity index (χ0n) is 11.2. The Bertz CT molecular complexity index is 551. The van der Waals surface area contributed by atoms with Gasteiger partial charge in [-0.1, -0.05) is 29.6 Å². The van der Waals surface area contributed by atoms with Crippen molar-refractivity contribution in [2.24, 2.45) is 5.92 Å². The molecule has 0 aliphatic heterocycles. The van der Waals surface area contributed by atoms with Gasteiger partial charge in [0.2, 0.25) is 0 Å². The molecule has 2 rings (SSSR count). The molecule has 0 bridgehead atoms. The van der Waals surface area contributed by atoms with E-state index in [0.717, 1.165) is 19.3 Å². The molecule has 1 fully saturated rings. The first kappa shape index (κ1) is 16.1. The number of benzene rings is 1. The van der Waals surface area contributed by atoms with Gasteiger partial charge in [-0.3, -0.25) is 9.59 Å². The standard InChI is InChI=1S/C14H16Cl2N2O3/c15-9-4-5-11(10(16)6-9)18-14(21)13(20)17-7-8-2-1-3-12(8)19/h4-6,8,12,19H,1-3,7H2,(H,17,20)(H,18,21). The molecule has 0 radical (unpaired) electrons. The highest BCUT2D eigenvalue weighted by Crippen LogP contribution is 2.26. The van der Waals surface area contributed by atoms with Gasteiger partial charge in [0, 0.05) is 17.5 Å². The minimum atomic E-state index is -0.799. The van der Waals surface area contributed by atoms with Gasteiger partial charge in [0.15, 0.2) is 0 Å². The first-order valence-electron chi connectivity index (χ1n) is 6.69. The van der Waals surface area contributed by atoms with Crippen LogP contribution in [0.2, 0.25) is 10.0 Å². The average Bonchev–Trinajstić information content (AvgIpc) is 2.84. The van der Waals surface area contributed by atoms with Crippen LogP contribution in [0.3, 0.4) is 0 Å². The van der Waals surface area contributed by atoms with Gasteiger partial charge < -0.3 is 15.7 Å².